The quantitative estimate of drug-likeness (QED) is 0.735. The van der Waals surface area contributed by atoms with E-state index in [2.05, 4.69) is 10.2 Å². The predicted octanol–water partition coefficient (Wildman–Crippen LogP) is 3.35. The summed E-state index contributed by atoms with van der Waals surface area (Å²) in [7, 11) is 0. The highest BCUT2D eigenvalue weighted by atomic mass is 19.1. The lowest BCUT2D eigenvalue weighted by molar-refractivity contribution is 0.628. The molecule has 0 unspecified atom stereocenters. The molecule has 0 bridgehead atoms. The van der Waals surface area contributed by atoms with Crippen LogP contribution in [0.4, 0.5) is 4.39 Å². The molecule has 0 atom stereocenters. The van der Waals surface area contributed by atoms with E-state index in [0.29, 0.717) is 11.1 Å². The highest BCUT2D eigenvalue weighted by Crippen LogP contribution is 2.28. The van der Waals surface area contributed by atoms with Gasteiger partial charge in [0.25, 0.3) is 5.56 Å². The van der Waals surface area contributed by atoms with E-state index in [1.807, 2.05) is 26.0 Å². The Morgan fingerprint density at radius 3 is 2.20 bits per heavy atom. The molecule has 1 heterocycles. The molecule has 0 aliphatic heterocycles. The van der Waals surface area contributed by atoms with E-state index in [9.17, 15) is 9.18 Å². The van der Waals surface area contributed by atoms with Crippen molar-refractivity contribution in [2.75, 3.05) is 0 Å². The summed E-state index contributed by atoms with van der Waals surface area (Å²) in [6, 6.07) is 9.99. The summed E-state index contributed by atoms with van der Waals surface area (Å²) >= 11 is 0. The van der Waals surface area contributed by atoms with Gasteiger partial charge in [0.15, 0.2) is 0 Å². The zero-order chi connectivity index (χ0) is 14.3. The van der Waals surface area contributed by atoms with Crippen LogP contribution in [0.15, 0.2) is 41.2 Å². The third kappa shape index (κ3) is 1.90. The Kier molecular flexibility index (Phi) is 2.86. The largest absolute Gasteiger partial charge is 0.272 e. The number of aromatic amines is 1. The molecular weight excluding hydrogens is 255 g/mol. The zero-order valence-electron chi connectivity index (χ0n) is 11.2. The highest BCUT2D eigenvalue weighted by Gasteiger charge is 2.12. The lowest BCUT2D eigenvalue weighted by Gasteiger charge is -2.09. The Bertz CT molecular complexity index is 851. The number of hydrogen-bond donors (Lipinski definition) is 1. The van der Waals surface area contributed by atoms with Crippen LogP contribution in [0.1, 0.15) is 11.1 Å². The fraction of sp³-hybridized carbons (Fsp3) is 0.125. The van der Waals surface area contributed by atoms with Crippen LogP contribution in [0.5, 0.6) is 0 Å². The molecule has 0 aliphatic rings. The average molecular weight is 268 g/mol. The molecule has 0 saturated heterocycles. The van der Waals surface area contributed by atoms with Crippen molar-refractivity contribution in [2.45, 2.75) is 13.8 Å². The van der Waals surface area contributed by atoms with Gasteiger partial charge in [0.05, 0.1) is 11.1 Å². The number of benzene rings is 2. The van der Waals surface area contributed by atoms with Gasteiger partial charge in [-0.3, -0.25) is 4.79 Å². The molecule has 3 nitrogen and oxygen atoms in total. The maximum Gasteiger partial charge on any atom is 0.272 e. The second-order valence-corrected chi connectivity index (χ2v) is 4.86. The van der Waals surface area contributed by atoms with Crippen molar-refractivity contribution in [3.8, 4) is 11.3 Å². The SMILES string of the molecule is Cc1ccc(C)c2c(=O)[nH]nc(-c3ccc(F)cc3)c12. The second kappa shape index (κ2) is 4.56. The van der Waals surface area contributed by atoms with Gasteiger partial charge in [0, 0.05) is 10.9 Å². The van der Waals surface area contributed by atoms with Gasteiger partial charge in [-0.1, -0.05) is 12.1 Å². The van der Waals surface area contributed by atoms with E-state index in [-0.39, 0.29) is 11.4 Å². The van der Waals surface area contributed by atoms with Gasteiger partial charge in [-0.2, -0.15) is 5.10 Å². The summed E-state index contributed by atoms with van der Waals surface area (Å²) in [6.45, 7) is 3.83. The number of rotatable bonds is 1. The zero-order valence-corrected chi connectivity index (χ0v) is 11.2. The summed E-state index contributed by atoms with van der Waals surface area (Å²) < 4.78 is 13.0. The Morgan fingerprint density at radius 2 is 1.55 bits per heavy atom. The number of halogens is 1. The predicted molar refractivity (Wildman–Crippen MR) is 77.2 cm³/mol. The second-order valence-electron chi connectivity index (χ2n) is 4.86. The first kappa shape index (κ1) is 12.5. The lowest BCUT2D eigenvalue weighted by Crippen LogP contribution is -2.11. The summed E-state index contributed by atoms with van der Waals surface area (Å²) in [5, 5.41) is 8.13. The topological polar surface area (TPSA) is 45.8 Å². The molecule has 20 heavy (non-hydrogen) atoms. The van der Waals surface area contributed by atoms with Gasteiger partial charge in [-0.05, 0) is 49.2 Å². The van der Waals surface area contributed by atoms with Crippen molar-refractivity contribution in [3.63, 3.8) is 0 Å². The van der Waals surface area contributed by atoms with Gasteiger partial charge < -0.3 is 0 Å². The fourth-order valence-electron chi connectivity index (χ4n) is 2.44. The van der Waals surface area contributed by atoms with Gasteiger partial charge >= 0.3 is 0 Å². The number of H-pyrrole nitrogens is 1. The van der Waals surface area contributed by atoms with E-state index in [1.54, 1.807) is 12.1 Å². The number of hydrogen-bond acceptors (Lipinski definition) is 2. The number of nitrogens with zero attached hydrogens (tertiary/aromatic N) is 1. The molecule has 3 aromatic rings. The van der Waals surface area contributed by atoms with E-state index < -0.39 is 0 Å². The van der Waals surface area contributed by atoms with E-state index >= 15 is 0 Å². The number of nitrogens with one attached hydrogen (secondary N) is 1. The van der Waals surface area contributed by atoms with Gasteiger partial charge in [0.2, 0.25) is 0 Å². The Morgan fingerprint density at radius 1 is 0.950 bits per heavy atom. The standard InChI is InChI=1S/C16H13FN2O/c1-9-3-4-10(2)14-13(9)15(18-19-16(14)20)11-5-7-12(17)8-6-11/h3-8H,1-2H3,(H,19,20). The Labute approximate surface area is 115 Å². The molecule has 0 fully saturated rings. The van der Waals surface area contributed by atoms with Crippen LogP contribution in [0.2, 0.25) is 0 Å². The van der Waals surface area contributed by atoms with Crippen LogP contribution in [0, 0.1) is 19.7 Å². The number of fused-ring (bicyclic) bond motifs is 1. The first-order valence-corrected chi connectivity index (χ1v) is 6.32. The Hall–Kier alpha value is -2.49. The van der Waals surface area contributed by atoms with Crippen LogP contribution in [-0.4, -0.2) is 10.2 Å². The van der Waals surface area contributed by atoms with Crippen LogP contribution in [0.25, 0.3) is 22.0 Å². The molecule has 2 aromatic carbocycles. The van der Waals surface area contributed by atoms with Crippen LogP contribution in [0.3, 0.4) is 0 Å². The molecule has 0 radical (unpaired) electrons. The summed E-state index contributed by atoms with van der Waals surface area (Å²) in [5.74, 6) is -0.296. The summed E-state index contributed by atoms with van der Waals surface area (Å²) in [4.78, 5) is 12.0. The molecule has 0 saturated carbocycles. The summed E-state index contributed by atoms with van der Waals surface area (Å²) in [5.41, 5.74) is 3.12. The smallest absolute Gasteiger partial charge is 0.267 e. The normalized spacial score (nSPS) is 10.9. The van der Waals surface area contributed by atoms with Gasteiger partial charge in [-0.25, -0.2) is 9.49 Å². The van der Waals surface area contributed by atoms with Crippen LogP contribution < -0.4 is 5.56 Å². The van der Waals surface area contributed by atoms with Crippen molar-refractivity contribution in [2.24, 2.45) is 0 Å². The molecule has 3 rings (SSSR count). The number of aryl methyl sites for hydroxylation is 2. The van der Waals surface area contributed by atoms with E-state index in [1.165, 1.54) is 12.1 Å². The minimum absolute atomic E-state index is 0.202. The highest BCUT2D eigenvalue weighted by molar-refractivity contribution is 5.97. The molecule has 1 aromatic heterocycles. The van der Waals surface area contributed by atoms with E-state index in [0.717, 1.165) is 22.1 Å². The van der Waals surface area contributed by atoms with Crippen molar-refractivity contribution >= 4 is 10.8 Å². The lowest BCUT2D eigenvalue weighted by atomic mass is 9.98. The minimum Gasteiger partial charge on any atom is -0.267 e. The molecule has 100 valence electrons. The third-order valence-electron chi connectivity index (χ3n) is 3.47. The molecular formula is C16H13FN2O. The Balaban J connectivity index is 2.43. The molecule has 0 amide bonds. The van der Waals surface area contributed by atoms with Crippen LogP contribution >= 0.6 is 0 Å². The number of aromatic nitrogens is 2. The average Bonchev–Trinajstić information content (AvgIpc) is 2.44. The van der Waals surface area contributed by atoms with E-state index in [4.69, 9.17) is 0 Å². The molecule has 0 aliphatic carbocycles. The van der Waals surface area contributed by atoms with Crippen LogP contribution in [-0.2, 0) is 0 Å². The first-order chi connectivity index (χ1) is 9.58. The van der Waals surface area contributed by atoms with Crippen molar-refractivity contribution in [1.29, 1.82) is 0 Å². The maximum absolute atomic E-state index is 13.0. The van der Waals surface area contributed by atoms with Gasteiger partial charge in [0.1, 0.15) is 5.82 Å². The van der Waals surface area contributed by atoms with Crippen molar-refractivity contribution in [1.82, 2.24) is 10.2 Å². The minimum atomic E-state index is -0.296. The molecule has 4 heteroatoms. The van der Waals surface area contributed by atoms with Crippen molar-refractivity contribution in [3.05, 3.63) is 63.7 Å². The first-order valence-electron chi connectivity index (χ1n) is 6.32. The van der Waals surface area contributed by atoms with Gasteiger partial charge in [-0.15, -0.1) is 0 Å². The molecule has 1 N–H and O–H groups in total. The summed E-state index contributed by atoms with van der Waals surface area (Å²) in [6.07, 6.45) is 0. The maximum atomic E-state index is 13.0. The molecule has 0 spiro atoms. The van der Waals surface area contributed by atoms with Crippen molar-refractivity contribution < 1.29 is 4.39 Å². The monoisotopic (exact) mass is 268 g/mol. The fourth-order valence-corrected chi connectivity index (χ4v) is 2.44. The third-order valence-corrected chi connectivity index (χ3v) is 3.47.